The number of rotatable bonds is 3. The number of fused-ring (bicyclic) bond motifs is 1. The minimum absolute atomic E-state index is 0.0309. The number of esters is 1. The number of carbonyl (C=O) groups is 2. The van der Waals surface area contributed by atoms with Gasteiger partial charge in [-0.3, -0.25) is 9.69 Å². The second kappa shape index (κ2) is 6.67. The van der Waals surface area contributed by atoms with Crippen LogP contribution >= 0.6 is 11.8 Å². The standard InChI is InChI=1S/C19H22N2O3S/c1-10(2)24-18(23)15-12(4)20-19-21(17(22)13(5)25-19)16(15)14-8-6-11(3)7-9-14/h6-10,13,16H,1-5H3/t13-,16-/m1/s1. The molecule has 1 aromatic rings. The topological polar surface area (TPSA) is 59.0 Å². The van der Waals surface area contributed by atoms with Gasteiger partial charge in [0.1, 0.15) is 0 Å². The first-order valence-corrected chi connectivity index (χ1v) is 9.24. The number of hydrogen-bond donors (Lipinski definition) is 0. The summed E-state index contributed by atoms with van der Waals surface area (Å²) in [6.45, 7) is 9.29. The predicted octanol–water partition coefficient (Wildman–Crippen LogP) is 3.60. The molecular weight excluding hydrogens is 336 g/mol. The van der Waals surface area contributed by atoms with Crippen molar-refractivity contribution in [2.75, 3.05) is 0 Å². The van der Waals surface area contributed by atoms with E-state index in [9.17, 15) is 9.59 Å². The number of allylic oxidation sites excluding steroid dienone is 1. The lowest BCUT2D eigenvalue weighted by atomic mass is 9.93. The Morgan fingerprint density at radius 1 is 1.24 bits per heavy atom. The Bertz CT molecular complexity index is 780. The molecule has 1 fully saturated rings. The molecule has 3 rings (SSSR count). The molecule has 2 heterocycles. The Morgan fingerprint density at radius 3 is 2.48 bits per heavy atom. The van der Waals surface area contributed by atoms with Crippen LogP contribution in [0.4, 0.5) is 0 Å². The zero-order valence-corrected chi connectivity index (χ0v) is 15.9. The van der Waals surface area contributed by atoms with Gasteiger partial charge in [-0.15, -0.1) is 0 Å². The van der Waals surface area contributed by atoms with Crippen LogP contribution in [-0.2, 0) is 14.3 Å². The molecule has 0 N–H and O–H groups in total. The number of nitrogens with zero attached hydrogens (tertiary/aromatic N) is 2. The summed E-state index contributed by atoms with van der Waals surface area (Å²) in [6.07, 6.45) is -0.237. The monoisotopic (exact) mass is 358 g/mol. The van der Waals surface area contributed by atoms with Crippen molar-refractivity contribution >= 4 is 28.8 Å². The summed E-state index contributed by atoms with van der Waals surface area (Å²) in [7, 11) is 0. The average molecular weight is 358 g/mol. The van der Waals surface area contributed by atoms with Crippen LogP contribution in [0, 0.1) is 6.92 Å². The molecule has 0 spiro atoms. The highest BCUT2D eigenvalue weighted by molar-refractivity contribution is 8.15. The van der Waals surface area contributed by atoms with Crippen LogP contribution in [0.25, 0.3) is 0 Å². The fraction of sp³-hybridized carbons (Fsp3) is 0.421. The van der Waals surface area contributed by atoms with Crippen molar-refractivity contribution in [3.8, 4) is 0 Å². The fourth-order valence-corrected chi connectivity index (χ4v) is 4.03. The number of ether oxygens (including phenoxy) is 1. The molecular formula is C19H22N2O3S. The number of amidine groups is 1. The van der Waals surface area contributed by atoms with Crippen LogP contribution in [0.5, 0.6) is 0 Å². The number of thioether (sulfide) groups is 1. The quantitative estimate of drug-likeness (QED) is 0.775. The van der Waals surface area contributed by atoms with Crippen molar-refractivity contribution < 1.29 is 14.3 Å². The SMILES string of the molecule is CC1=C(C(=O)OC(C)C)[C@@H](c2ccc(C)cc2)N2C(=O)[C@@H](C)SC2=N1. The van der Waals surface area contributed by atoms with E-state index in [2.05, 4.69) is 4.99 Å². The Hall–Kier alpha value is -2.08. The molecule has 0 bridgehead atoms. The predicted molar refractivity (Wildman–Crippen MR) is 99.2 cm³/mol. The number of hydrogen-bond acceptors (Lipinski definition) is 5. The van der Waals surface area contributed by atoms with Crippen molar-refractivity contribution in [2.24, 2.45) is 4.99 Å². The van der Waals surface area contributed by atoms with Crippen LogP contribution in [-0.4, -0.2) is 33.3 Å². The van der Waals surface area contributed by atoms with Gasteiger partial charge in [0, 0.05) is 0 Å². The number of benzene rings is 1. The summed E-state index contributed by atoms with van der Waals surface area (Å²) in [6, 6.07) is 7.39. The second-order valence-electron chi connectivity index (χ2n) is 6.63. The molecule has 2 aliphatic rings. The molecule has 0 saturated carbocycles. The Kier molecular flexibility index (Phi) is 4.73. The molecule has 5 nitrogen and oxygen atoms in total. The number of carbonyl (C=O) groups excluding carboxylic acids is 2. The molecule has 2 atom stereocenters. The van der Waals surface area contributed by atoms with E-state index in [0.717, 1.165) is 11.1 Å². The lowest BCUT2D eigenvalue weighted by Crippen LogP contribution is -2.40. The molecule has 25 heavy (non-hydrogen) atoms. The van der Waals surface area contributed by atoms with Gasteiger partial charge in [0.2, 0.25) is 5.91 Å². The molecule has 1 saturated heterocycles. The molecule has 1 aromatic carbocycles. The molecule has 0 aromatic heterocycles. The van der Waals surface area contributed by atoms with Gasteiger partial charge in [-0.1, -0.05) is 41.6 Å². The fourth-order valence-electron chi connectivity index (χ4n) is 3.01. The summed E-state index contributed by atoms with van der Waals surface area (Å²) >= 11 is 1.43. The first-order chi connectivity index (χ1) is 11.8. The Labute approximate surface area is 152 Å². The normalized spacial score (nSPS) is 23.0. The zero-order chi connectivity index (χ0) is 18.3. The highest BCUT2D eigenvalue weighted by Crippen LogP contribution is 2.43. The van der Waals surface area contributed by atoms with Crippen LogP contribution < -0.4 is 0 Å². The van der Waals surface area contributed by atoms with Crippen molar-refractivity contribution in [2.45, 2.75) is 52.0 Å². The van der Waals surface area contributed by atoms with Crippen LogP contribution in [0.2, 0.25) is 0 Å². The molecule has 0 unspecified atom stereocenters. The first kappa shape index (κ1) is 17.7. The zero-order valence-electron chi connectivity index (χ0n) is 15.1. The van der Waals surface area contributed by atoms with Gasteiger partial charge in [0.15, 0.2) is 5.17 Å². The third-order valence-corrected chi connectivity index (χ3v) is 5.27. The minimum Gasteiger partial charge on any atom is -0.459 e. The van der Waals surface area contributed by atoms with Gasteiger partial charge < -0.3 is 4.74 Å². The smallest absolute Gasteiger partial charge is 0.338 e. The van der Waals surface area contributed by atoms with Gasteiger partial charge >= 0.3 is 5.97 Å². The van der Waals surface area contributed by atoms with E-state index < -0.39 is 12.0 Å². The van der Waals surface area contributed by atoms with Crippen molar-refractivity contribution in [1.29, 1.82) is 0 Å². The number of aryl methyl sites for hydroxylation is 1. The maximum Gasteiger partial charge on any atom is 0.338 e. The largest absolute Gasteiger partial charge is 0.459 e. The van der Waals surface area contributed by atoms with E-state index in [1.807, 2.05) is 52.0 Å². The lowest BCUT2D eigenvalue weighted by Gasteiger charge is -2.33. The van der Waals surface area contributed by atoms with E-state index in [-0.39, 0.29) is 17.3 Å². The summed E-state index contributed by atoms with van der Waals surface area (Å²) < 4.78 is 5.44. The summed E-state index contributed by atoms with van der Waals surface area (Å²) in [4.78, 5) is 31.6. The summed E-state index contributed by atoms with van der Waals surface area (Å²) in [5, 5.41) is 0.446. The maximum absolute atomic E-state index is 12.8. The van der Waals surface area contributed by atoms with Crippen LogP contribution in [0.15, 0.2) is 40.5 Å². The lowest BCUT2D eigenvalue weighted by molar-refractivity contribution is -0.143. The van der Waals surface area contributed by atoms with Crippen LogP contribution in [0.1, 0.15) is 44.9 Å². The Morgan fingerprint density at radius 2 is 1.88 bits per heavy atom. The number of amides is 1. The van der Waals surface area contributed by atoms with Gasteiger partial charge in [0.05, 0.1) is 28.7 Å². The van der Waals surface area contributed by atoms with E-state index in [0.29, 0.717) is 16.4 Å². The van der Waals surface area contributed by atoms with Crippen molar-refractivity contribution in [1.82, 2.24) is 4.90 Å². The van der Waals surface area contributed by atoms with E-state index in [1.165, 1.54) is 11.8 Å². The van der Waals surface area contributed by atoms with Gasteiger partial charge in [-0.25, -0.2) is 9.79 Å². The van der Waals surface area contributed by atoms with Crippen molar-refractivity contribution in [3.63, 3.8) is 0 Å². The van der Waals surface area contributed by atoms with E-state index >= 15 is 0 Å². The minimum atomic E-state index is -0.496. The molecule has 6 heteroatoms. The Balaban J connectivity index is 2.12. The van der Waals surface area contributed by atoms with Gasteiger partial charge in [-0.2, -0.15) is 0 Å². The molecule has 2 aliphatic heterocycles. The molecule has 0 aliphatic carbocycles. The van der Waals surface area contributed by atoms with Gasteiger partial charge in [-0.05, 0) is 40.2 Å². The molecule has 1 amide bonds. The molecule has 0 radical (unpaired) electrons. The summed E-state index contributed by atoms with van der Waals surface area (Å²) in [5.74, 6) is -0.449. The third-order valence-electron chi connectivity index (χ3n) is 4.21. The summed E-state index contributed by atoms with van der Waals surface area (Å²) in [5.41, 5.74) is 3.05. The second-order valence-corrected chi connectivity index (χ2v) is 7.94. The van der Waals surface area contributed by atoms with Gasteiger partial charge in [0.25, 0.3) is 0 Å². The molecule has 132 valence electrons. The van der Waals surface area contributed by atoms with E-state index in [4.69, 9.17) is 4.74 Å². The number of aliphatic imine (C=N–C) groups is 1. The van der Waals surface area contributed by atoms with E-state index in [1.54, 1.807) is 11.8 Å². The van der Waals surface area contributed by atoms with Crippen LogP contribution in [0.3, 0.4) is 0 Å². The highest BCUT2D eigenvalue weighted by atomic mass is 32.2. The van der Waals surface area contributed by atoms with Crippen molar-refractivity contribution in [3.05, 3.63) is 46.7 Å². The highest BCUT2D eigenvalue weighted by Gasteiger charge is 2.46. The maximum atomic E-state index is 12.8. The first-order valence-electron chi connectivity index (χ1n) is 8.36. The third kappa shape index (κ3) is 3.23. The average Bonchev–Trinajstić information content (AvgIpc) is 2.80.